The fourth-order valence-corrected chi connectivity index (χ4v) is 2.86. The molecule has 1 aromatic heterocycles. The van der Waals surface area contributed by atoms with E-state index in [2.05, 4.69) is 33.4 Å². The van der Waals surface area contributed by atoms with E-state index in [-0.39, 0.29) is 0 Å². The topological polar surface area (TPSA) is 46.6 Å². The van der Waals surface area contributed by atoms with Crippen molar-refractivity contribution in [3.8, 4) is 11.5 Å². The van der Waals surface area contributed by atoms with Crippen LogP contribution in [-0.2, 0) is 17.7 Å². The van der Waals surface area contributed by atoms with Crippen molar-refractivity contribution >= 4 is 0 Å². The standard InChI is InChI=1S/C19H25N3O2/c1-20-14-17-13-16(6-8-22-9-11-23-12-10-22)4-5-19(17)24-18-3-2-7-21-15-18/h2-5,7,13,15,20H,6,8-12,14H2,1H3. The Bertz CT molecular complexity index is 628. The van der Waals surface area contributed by atoms with E-state index in [4.69, 9.17) is 9.47 Å². The minimum absolute atomic E-state index is 0.760. The van der Waals surface area contributed by atoms with E-state index in [1.807, 2.05) is 19.2 Å². The van der Waals surface area contributed by atoms with E-state index in [9.17, 15) is 0 Å². The number of hydrogen-bond donors (Lipinski definition) is 1. The Morgan fingerprint density at radius 1 is 1.25 bits per heavy atom. The first kappa shape index (κ1) is 16.9. The summed E-state index contributed by atoms with van der Waals surface area (Å²) in [4.78, 5) is 6.56. The third-order valence-electron chi connectivity index (χ3n) is 4.17. The first-order valence-electron chi connectivity index (χ1n) is 8.49. The molecule has 0 saturated carbocycles. The van der Waals surface area contributed by atoms with Crippen LogP contribution >= 0.6 is 0 Å². The molecule has 1 aromatic carbocycles. The maximum absolute atomic E-state index is 5.98. The van der Waals surface area contributed by atoms with Crippen molar-refractivity contribution < 1.29 is 9.47 Å². The summed E-state index contributed by atoms with van der Waals surface area (Å²) in [7, 11) is 1.95. The van der Waals surface area contributed by atoms with Crippen LogP contribution < -0.4 is 10.1 Å². The van der Waals surface area contributed by atoms with E-state index in [1.165, 1.54) is 11.1 Å². The smallest absolute Gasteiger partial charge is 0.145 e. The molecule has 2 heterocycles. The van der Waals surface area contributed by atoms with Gasteiger partial charge in [0, 0.05) is 37.9 Å². The highest BCUT2D eigenvalue weighted by Gasteiger charge is 2.11. The van der Waals surface area contributed by atoms with Gasteiger partial charge in [0.2, 0.25) is 0 Å². The monoisotopic (exact) mass is 327 g/mol. The SMILES string of the molecule is CNCc1cc(CCN2CCOCC2)ccc1Oc1cccnc1. The molecule has 5 heteroatoms. The van der Waals surface area contributed by atoms with Crippen molar-refractivity contribution in [3.05, 3.63) is 53.9 Å². The fourth-order valence-electron chi connectivity index (χ4n) is 2.86. The summed E-state index contributed by atoms with van der Waals surface area (Å²) in [5.74, 6) is 1.64. The number of morpholine rings is 1. The molecule has 128 valence electrons. The van der Waals surface area contributed by atoms with E-state index >= 15 is 0 Å². The third-order valence-corrected chi connectivity index (χ3v) is 4.17. The van der Waals surface area contributed by atoms with Gasteiger partial charge in [-0.25, -0.2) is 0 Å². The van der Waals surface area contributed by atoms with Crippen LogP contribution in [0, 0.1) is 0 Å². The number of nitrogens with zero attached hydrogens (tertiary/aromatic N) is 2. The number of aromatic nitrogens is 1. The Morgan fingerprint density at radius 2 is 2.12 bits per heavy atom. The minimum Gasteiger partial charge on any atom is -0.455 e. The van der Waals surface area contributed by atoms with Gasteiger partial charge >= 0.3 is 0 Å². The normalized spacial score (nSPS) is 15.4. The average Bonchev–Trinajstić information content (AvgIpc) is 2.64. The zero-order chi connectivity index (χ0) is 16.6. The minimum atomic E-state index is 0.760. The molecule has 3 rings (SSSR count). The zero-order valence-corrected chi connectivity index (χ0v) is 14.2. The Labute approximate surface area is 143 Å². The van der Waals surface area contributed by atoms with Gasteiger partial charge in [0.25, 0.3) is 0 Å². The van der Waals surface area contributed by atoms with Crippen LogP contribution in [-0.4, -0.2) is 49.8 Å². The number of pyridine rings is 1. The molecule has 0 radical (unpaired) electrons. The molecule has 0 bridgehead atoms. The summed E-state index contributed by atoms with van der Waals surface area (Å²) in [6, 6.07) is 10.3. The Kier molecular flexibility index (Phi) is 6.18. The van der Waals surface area contributed by atoms with Crippen molar-refractivity contribution in [2.45, 2.75) is 13.0 Å². The fraction of sp³-hybridized carbons (Fsp3) is 0.421. The lowest BCUT2D eigenvalue weighted by Gasteiger charge is -2.26. The van der Waals surface area contributed by atoms with Gasteiger partial charge < -0.3 is 14.8 Å². The molecule has 24 heavy (non-hydrogen) atoms. The number of nitrogens with one attached hydrogen (secondary N) is 1. The van der Waals surface area contributed by atoms with Gasteiger partial charge in [0.05, 0.1) is 19.4 Å². The Balaban J connectivity index is 1.66. The summed E-state index contributed by atoms with van der Waals surface area (Å²) in [6.45, 7) is 5.62. The molecule has 1 aliphatic rings. The largest absolute Gasteiger partial charge is 0.455 e. The molecule has 1 N–H and O–H groups in total. The van der Waals surface area contributed by atoms with E-state index in [1.54, 1.807) is 12.4 Å². The first-order valence-corrected chi connectivity index (χ1v) is 8.49. The number of hydrogen-bond acceptors (Lipinski definition) is 5. The highest BCUT2D eigenvalue weighted by atomic mass is 16.5. The van der Waals surface area contributed by atoms with Crippen molar-refractivity contribution in [2.24, 2.45) is 0 Å². The molecule has 0 aliphatic carbocycles. The van der Waals surface area contributed by atoms with Crippen LogP contribution in [0.3, 0.4) is 0 Å². The van der Waals surface area contributed by atoms with Crippen molar-refractivity contribution in [2.75, 3.05) is 39.9 Å². The molecule has 1 fully saturated rings. The number of rotatable bonds is 7. The second-order valence-corrected chi connectivity index (χ2v) is 5.97. The lowest BCUT2D eigenvalue weighted by atomic mass is 10.1. The van der Waals surface area contributed by atoms with Crippen LogP contribution in [0.2, 0.25) is 0 Å². The molecule has 2 aromatic rings. The predicted molar refractivity (Wildman–Crippen MR) is 94.5 cm³/mol. The lowest BCUT2D eigenvalue weighted by Crippen LogP contribution is -2.37. The van der Waals surface area contributed by atoms with Crippen LogP contribution in [0.5, 0.6) is 11.5 Å². The van der Waals surface area contributed by atoms with Gasteiger partial charge in [-0.05, 0) is 37.2 Å². The van der Waals surface area contributed by atoms with E-state index in [0.29, 0.717) is 0 Å². The van der Waals surface area contributed by atoms with Gasteiger partial charge in [0.15, 0.2) is 0 Å². The van der Waals surface area contributed by atoms with Crippen LogP contribution in [0.4, 0.5) is 0 Å². The molecule has 1 saturated heterocycles. The van der Waals surface area contributed by atoms with Gasteiger partial charge in [-0.15, -0.1) is 0 Å². The van der Waals surface area contributed by atoms with Gasteiger partial charge in [-0.1, -0.05) is 12.1 Å². The molecule has 1 aliphatic heterocycles. The molecule has 0 atom stereocenters. The highest BCUT2D eigenvalue weighted by Crippen LogP contribution is 2.26. The third kappa shape index (κ3) is 4.77. The summed E-state index contributed by atoms with van der Waals surface area (Å²) in [6.07, 6.45) is 4.52. The van der Waals surface area contributed by atoms with Gasteiger partial charge in [-0.3, -0.25) is 9.88 Å². The maximum Gasteiger partial charge on any atom is 0.145 e. The first-order chi connectivity index (χ1) is 11.8. The average molecular weight is 327 g/mol. The van der Waals surface area contributed by atoms with Crippen LogP contribution in [0.15, 0.2) is 42.7 Å². The van der Waals surface area contributed by atoms with E-state index < -0.39 is 0 Å². The predicted octanol–water partition coefficient (Wildman–Crippen LogP) is 2.47. The van der Waals surface area contributed by atoms with Gasteiger partial charge in [-0.2, -0.15) is 0 Å². The van der Waals surface area contributed by atoms with Crippen molar-refractivity contribution in [1.82, 2.24) is 15.2 Å². The Morgan fingerprint density at radius 3 is 2.88 bits per heavy atom. The molecular weight excluding hydrogens is 302 g/mol. The number of benzene rings is 1. The van der Waals surface area contributed by atoms with E-state index in [0.717, 1.165) is 57.3 Å². The second-order valence-electron chi connectivity index (χ2n) is 5.97. The highest BCUT2D eigenvalue weighted by molar-refractivity contribution is 5.40. The van der Waals surface area contributed by atoms with Crippen LogP contribution in [0.1, 0.15) is 11.1 Å². The quantitative estimate of drug-likeness (QED) is 0.846. The summed E-state index contributed by atoms with van der Waals surface area (Å²) in [5.41, 5.74) is 2.51. The zero-order valence-electron chi connectivity index (χ0n) is 14.2. The maximum atomic E-state index is 5.98. The molecule has 0 spiro atoms. The van der Waals surface area contributed by atoms with Crippen molar-refractivity contribution in [1.29, 1.82) is 0 Å². The van der Waals surface area contributed by atoms with Crippen molar-refractivity contribution in [3.63, 3.8) is 0 Å². The Hall–Kier alpha value is -1.95. The lowest BCUT2D eigenvalue weighted by molar-refractivity contribution is 0.0384. The summed E-state index contributed by atoms with van der Waals surface area (Å²) in [5, 5.41) is 3.22. The summed E-state index contributed by atoms with van der Waals surface area (Å²) < 4.78 is 11.4. The van der Waals surface area contributed by atoms with Gasteiger partial charge in [0.1, 0.15) is 11.5 Å². The number of ether oxygens (including phenoxy) is 2. The second kappa shape index (κ2) is 8.78. The molecule has 5 nitrogen and oxygen atoms in total. The molecule has 0 amide bonds. The van der Waals surface area contributed by atoms with Crippen LogP contribution in [0.25, 0.3) is 0 Å². The summed E-state index contributed by atoms with van der Waals surface area (Å²) >= 11 is 0. The molecular formula is C19H25N3O2. The molecule has 0 unspecified atom stereocenters.